The van der Waals surface area contributed by atoms with Gasteiger partial charge in [-0.1, -0.05) is 13.0 Å². The van der Waals surface area contributed by atoms with E-state index in [-0.39, 0.29) is 34.8 Å². The number of rotatable bonds is 5. The molecule has 0 saturated heterocycles. The molecule has 0 unspecified atom stereocenters. The minimum Gasteiger partial charge on any atom is -0.502 e. The van der Waals surface area contributed by atoms with Gasteiger partial charge in [0.1, 0.15) is 0 Å². The summed E-state index contributed by atoms with van der Waals surface area (Å²) in [6.07, 6.45) is 6.55. The highest BCUT2D eigenvalue weighted by Gasteiger charge is 2.55. The second kappa shape index (κ2) is 8.35. The highest BCUT2D eigenvalue weighted by atomic mass is 16.6. The van der Waals surface area contributed by atoms with Crippen molar-refractivity contribution in [1.29, 1.82) is 0 Å². The first-order chi connectivity index (χ1) is 15.1. The summed E-state index contributed by atoms with van der Waals surface area (Å²) in [6.45, 7) is 10.8. The summed E-state index contributed by atoms with van der Waals surface area (Å²) in [4.78, 5) is 26.4. The number of hydrogen-bond acceptors (Lipinski definition) is 4. The van der Waals surface area contributed by atoms with Crippen LogP contribution in [0.5, 0.6) is 5.75 Å². The Labute approximate surface area is 191 Å². The Balaban J connectivity index is 1.57. The van der Waals surface area contributed by atoms with Crippen LogP contribution in [0, 0.1) is 33.3 Å². The van der Waals surface area contributed by atoms with Crippen molar-refractivity contribution in [2.24, 2.45) is 23.2 Å². The van der Waals surface area contributed by atoms with Gasteiger partial charge in [-0.15, -0.1) is 0 Å². The van der Waals surface area contributed by atoms with Crippen LogP contribution in [-0.2, 0) is 11.2 Å². The van der Waals surface area contributed by atoms with Crippen LogP contribution in [0.15, 0.2) is 12.1 Å². The van der Waals surface area contributed by atoms with Crippen molar-refractivity contribution in [1.82, 2.24) is 4.90 Å². The van der Waals surface area contributed by atoms with Crippen LogP contribution >= 0.6 is 0 Å². The van der Waals surface area contributed by atoms with Crippen LogP contribution in [0.3, 0.4) is 0 Å². The Morgan fingerprint density at radius 2 is 1.88 bits per heavy atom. The number of benzene rings is 1. The molecular formula is C26H38N2O4. The molecule has 1 aromatic carbocycles. The molecule has 176 valence electrons. The minimum atomic E-state index is -0.423. The van der Waals surface area contributed by atoms with Gasteiger partial charge >= 0.3 is 5.69 Å². The quantitative estimate of drug-likeness (QED) is 0.461. The maximum Gasteiger partial charge on any atom is 0.314 e. The van der Waals surface area contributed by atoms with Crippen LogP contribution in [-0.4, -0.2) is 32.9 Å². The standard InChI is InChI=1S/C26H38N2O4/c1-15(2)27(16(3)4)24(30)14-17-6-10-22-20-7-8-21-18(19(20)12-13-26(17,22)5)9-11-23(29)25(21)28(31)32/h9,11,15-17,19-20,22,29H,6-8,10,12-14H2,1-5H3/t17-,19-,20-,22+,26-/m1/s1. The Kier molecular flexibility index (Phi) is 6.01. The van der Waals surface area contributed by atoms with E-state index in [0.717, 1.165) is 43.2 Å². The number of phenolic OH excluding ortho intramolecular Hbond substituents is 1. The molecule has 1 aromatic rings. The van der Waals surface area contributed by atoms with Crippen LogP contribution in [0.4, 0.5) is 5.69 Å². The van der Waals surface area contributed by atoms with Gasteiger partial charge in [-0.2, -0.15) is 0 Å². The van der Waals surface area contributed by atoms with Gasteiger partial charge in [-0.3, -0.25) is 14.9 Å². The molecule has 0 heterocycles. The lowest BCUT2D eigenvalue weighted by molar-refractivity contribution is -0.386. The van der Waals surface area contributed by atoms with Gasteiger partial charge in [0.25, 0.3) is 0 Å². The van der Waals surface area contributed by atoms with E-state index in [9.17, 15) is 20.0 Å². The van der Waals surface area contributed by atoms with Crippen molar-refractivity contribution in [3.8, 4) is 5.75 Å². The predicted octanol–water partition coefficient (Wildman–Crippen LogP) is 5.81. The number of nitro groups is 1. The van der Waals surface area contributed by atoms with Gasteiger partial charge in [0.05, 0.1) is 4.92 Å². The summed E-state index contributed by atoms with van der Waals surface area (Å²) in [6, 6.07) is 3.86. The zero-order valence-electron chi connectivity index (χ0n) is 20.1. The SMILES string of the molecule is CC(C)N(C(=O)C[C@H]1CC[C@H]2[C@@H]3CCc4c(ccc(O)c4[N+](=O)[O-])[C@H]3CC[C@]12C)C(C)C. The molecule has 0 aromatic heterocycles. The fourth-order valence-corrected chi connectivity index (χ4v) is 7.77. The van der Waals surface area contributed by atoms with Crippen molar-refractivity contribution in [3.05, 3.63) is 33.4 Å². The molecule has 6 heteroatoms. The van der Waals surface area contributed by atoms with Crippen molar-refractivity contribution in [3.63, 3.8) is 0 Å². The number of carbonyl (C=O) groups excluding carboxylic acids is 1. The van der Waals surface area contributed by atoms with Gasteiger partial charge in [-0.25, -0.2) is 0 Å². The molecular weight excluding hydrogens is 404 g/mol. The number of aromatic hydroxyl groups is 1. The molecule has 1 amide bonds. The molecule has 0 aliphatic heterocycles. The Morgan fingerprint density at radius 1 is 1.19 bits per heavy atom. The molecule has 0 spiro atoms. The first kappa shape index (κ1) is 23.1. The Hall–Kier alpha value is -2.11. The molecule has 0 radical (unpaired) electrons. The number of fused-ring (bicyclic) bond motifs is 5. The predicted molar refractivity (Wildman–Crippen MR) is 125 cm³/mol. The Morgan fingerprint density at radius 3 is 2.50 bits per heavy atom. The molecule has 2 fully saturated rings. The van der Waals surface area contributed by atoms with Crippen molar-refractivity contribution in [2.75, 3.05) is 0 Å². The first-order valence-corrected chi connectivity index (χ1v) is 12.4. The second-order valence-electron chi connectivity index (χ2n) is 11.2. The van der Waals surface area contributed by atoms with Crippen molar-refractivity contribution < 1.29 is 14.8 Å². The van der Waals surface area contributed by atoms with E-state index in [1.54, 1.807) is 0 Å². The highest BCUT2D eigenvalue weighted by Crippen LogP contribution is 2.64. The molecule has 6 nitrogen and oxygen atoms in total. The summed E-state index contributed by atoms with van der Waals surface area (Å²) >= 11 is 0. The van der Waals surface area contributed by atoms with Gasteiger partial charge in [0.15, 0.2) is 5.75 Å². The van der Waals surface area contributed by atoms with Gasteiger partial charge < -0.3 is 10.0 Å². The lowest BCUT2D eigenvalue weighted by Crippen LogP contribution is -2.46. The molecule has 2 saturated carbocycles. The lowest BCUT2D eigenvalue weighted by atomic mass is 9.54. The molecule has 1 N–H and O–H groups in total. The highest BCUT2D eigenvalue weighted by molar-refractivity contribution is 5.77. The number of hydrogen-bond donors (Lipinski definition) is 1. The third-order valence-electron chi connectivity index (χ3n) is 9.06. The summed E-state index contributed by atoms with van der Waals surface area (Å²) in [5.41, 5.74) is 1.90. The van der Waals surface area contributed by atoms with Crippen molar-refractivity contribution in [2.45, 2.75) is 97.6 Å². The van der Waals surface area contributed by atoms with E-state index in [4.69, 9.17) is 0 Å². The van der Waals surface area contributed by atoms with E-state index in [1.165, 1.54) is 6.07 Å². The second-order valence-corrected chi connectivity index (χ2v) is 11.2. The summed E-state index contributed by atoms with van der Waals surface area (Å²) in [5.74, 6) is 1.88. The molecule has 3 aliphatic rings. The van der Waals surface area contributed by atoms with E-state index in [0.29, 0.717) is 36.5 Å². The maximum absolute atomic E-state index is 13.2. The topological polar surface area (TPSA) is 83.7 Å². The number of carbonyl (C=O) groups is 1. The fourth-order valence-electron chi connectivity index (χ4n) is 7.77. The lowest BCUT2D eigenvalue weighted by Gasteiger charge is -2.51. The normalized spacial score (nSPS) is 31.2. The number of nitro benzene ring substituents is 1. The van der Waals surface area contributed by atoms with Crippen LogP contribution in [0.1, 0.15) is 90.2 Å². The zero-order chi connectivity index (χ0) is 23.4. The summed E-state index contributed by atoms with van der Waals surface area (Å²) < 4.78 is 0. The molecule has 5 atom stereocenters. The maximum atomic E-state index is 13.2. The van der Waals surface area contributed by atoms with Gasteiger partial charge in [0.2, 0.25) is 5.91 Å². The van der Waals surface area contributed by atoms with Crippen molar-refractivity contribution >= 4 is 11.6 Å². The fraction of sp³-hybridized carbons (Fsp3) is 0.731. The third-order valence-corrected chi connectivity index (χ3v) is 9.06. The number of nitrogens with zero attached hydrogens (tertiary/aromatic N) is 2. The van der Waals surface area contributed by atoms with E-state index in [1.807, 2.05) is 11.0 Å². The van der Waals surface area contributed by atoms with E-state index < -0.39 is 4.92 Å². The first-order valence-electron chi connectivity index (χ1n) is 12.4. The summed E-state index contributed by atoms with van der Waals surface area (Å²) in [7, 11) is 0. The monoisotopic (exact) mass is 442 g/mol. The largest absolute Gasteiger partial charge is 0.502 e. The van der Waals surface area contributed by atoms with Crippen LogP contribution in [0.25, 0.3) is 0 Å². The average molecular weight is 443 g/mol. The van der Waals surface area contributed by atoms with Gasteiger partial charge in [-0.05, 0) is 107 Å². The van der Waals surface area contributed by atoms with Crippen LogP contribution in [0.2, 0.25) is 0 Å². The smallest absolute Gasteiger partial charge is 0.314 e. The molecule has 0 bridgehead atoms. The number of amides is 1. The zero-order valence-corrected chi connectivity index (χ0v) is 20.1. The average Bonchev–Trinajstić information content (AvgIpc) is 3.02. The van der Waals surface area contributed by atoms with E-state index >= 15 is 0 Å². The molecule has 32 heavy (non-hydrogen) atoms. The minimum absolute atomic E-state index is 0.0911. The summed E-state index contributed by atoms with van der Waals surface area (Å²) in [5, 5.41) is 21.7. The van der Waals surface area contributed by atoms with Gasteiger partial charge in [0, 0.05) is 24.1 Å². The molecule has 4 rings (SSSR count). The molecule has 3 aliphatic carbocycles. The van der Waals surface area contributed by atoms with Crippen LogP contribution < -0.4 is 0 Å². The third kappa shape index (κ3) is 3.60. The Bertz CT molecular complexity index is 903. The number of phenols is 1. The van der Waals surface area contributed by atoms with E-state index in [2.05, 4.69) is 34.6 Å².